The van der Waals surface area contributed by atoms with Gasteiger partial charge in [0.05, 0.1) is 25.4 Å². The fourth-order valence-electron chi connectivity index (χ4n) is 5.52. The number of thiazole rings is 1. The summed E-state index contributed by atoms with van der Waals surface area (Å²) in [5.41, 5.74) is 1.38. The zero-order valence-electron chi connectivity index (χ0n) is 20.7. The second-order valence-electron chi connectivity index (χ2n) is 9.57. The number of carboxylic acids is 1. The van der Waals surface area contributed by atoms with Crippen LogP contribution in [0, 0.1) is 11.7 Å². The van der Waals surface area contributed by atoms with Crippen molar-refractivity contribution in [1.82, 2.24) is 15.2 Å². The number of esters is 1. The van der Waals surface area contributed by atoms with Crippen molar-refractivity contribution in [3.8, 4) is 0 Å². The van der Waals surface area contributed by atoms with Crippen molar-refractivity contribution in [3.05, 3.63) is 62.5 Å². The molecule has 0 aliphatic carbocycles. The van der Waals surface area contributed by atoms with E-state index in [4.69, 9.17) is 26.1 Å². The van der Waals surface area contributed by atoms with Gasteiger partial charge in [0.2, 0.25) is 0 Å². The molecule has 0 saturated carbocycles. The van der Waals surface area contributed by atoms with E-state index in [1.165, 1.54) is 29.5 Å². The van der Waals surface area contributed by atoms with Crippen LogP contribution in [-0.2, 0) is 19.1 Å². The Labute approximate surface area is 228 Å². The van der Waals surface area contributed by atoms with Gasteiger partial charge in [-0.05, 0) is 37.8 Å². The van der Waals surface area contributed by atoms with Gasteiger partial charge >= 0.3 is 11.9 Å². The van der Waals surface area contributed by atoms with Crippen molar-refractivity contribution < 1.29 is 28.6 Å². The van der Waals surface area contributed by atoms with Crippen LogP contribution in [0.25, 0.3) is 0 Å². The van der Waals surface area contributed by atoms with Gasteiger partial charge in [-0.15, -0.1) is 11.3 Å². The van der Waals surface area contributed by atoms with Gasteiger partial charge in [-0.2, -0.15) is 0 Å². The summed E-state index contributed by atoms with van der Waals surface area (Å²) >= 11 is 7.86. The van der Waals surface area contributed by atoms with E-state index < -0.39 is 23.8 Å². The third kappa shape index (κ3) is 5.61. The number of carbonyl (C=O) groups is 2. The number of nitrogens with one attached hydrogen (secondary N) is 1. The molecule has 3 unspecified atom stereocenters. The molecule has 0 spiro atoms. The van der Waals surface area contributed by atoms with Crippen molar-refractivity contribution >= 4 is 40.7 Å². The molecule has 202 valence electrons. The van der Waals surface area contributed by atoms with E-state index in [1.54, 1.807) is 13.1 Å². The van der Waals surface area contributed by atoms with Crippen LogP contribution in [0.1, 0.15) is 42.8 Å². The van der Waals surface area contributed by atoms with Crippen molar-refractivity contribution in [3.63, 3.8) is 0 Å². The first-order valence-electron chi connectivity index (χ1n) is 12.5. The van der Waals surface area contributed by atoms with Gasteiger partial charge in [-0.3, -0.25) is 14.7 Å². The first-order chi connectivity index (χ1) is 18.3. The van der Waals surface area contributed by atoms with E-state index in [9.17, 15) is 19.1 Å². The van der Waals surface area contributed by atoms with Gasteiger partial charge in [0, 0.05) is 52.9 Å². The summed E-state index contributed by atoms with van der Waals surface area (Å²) in [6.07, 6.45) is 3.17. The minimum Gasteiger partial charge on any atom is -0.481 e. The van der Waals surface area contributed by atoms with Gasteiger partial charge in [0.1, 0.15) is 11.9 Å². The summed E-state index contributed by atoms with van der Waals surface area (Å²) in [4.78, 5) is 36.2. The minimum absolute atomic E-state index is 0.000340. The second-order valence-corrected chi connectivity index (χ2v) is 10.9. The van der Waals surface area contributed by atoms with Crippen LogP contribution in [0.3, 0.4) is 0 Å². The van der Waals surface area contributed by atoms with Crippen LogP contribution in [-0.4, -0.2) is 71.2 Å². The molecule has 2 bridgehead atoms. The van der Waals surface area contributed by atoms with E-state index in [-0.39, 0.29) is 36.1 Å². The van der Waals surface area contributed by atoms with Crippen molar-refractivity contribution in [2.75, 3.05) is 26.4 Å². The van der Waals surface area contributed by atoms with E-state index in [0.717, 1.165) is 0 Å². The average molecular weight is 563 g/mol. The van der Waals surface area contributed by atoms with Gasteiger partial charge in [-0.25, -0.2) is 14.2 Å². The number of hydrogen-bond donors (Lipinski definition) is 2. The summed E-state index contributed by atoms with van der Waals surface area (Å²) in [6.45, 7) is 3.23. The number of halogens is 2. The molecule has 0 radical (unpaired) electrons. The summed E-state index contributed by atoms with van der Waals surface area (Å²) in [5.74, 6) is -1.28. The van der Waals surface area contributed by atoms with Gasteiger partial charge < -0.3 is 19.9 Å². The van der Waals surface area contributed by atoms with E-state index in [0.29, 0.717) is 60.3 Å². The quantitative estimate of drug-likeness (QED) is 0.467. The van der Waals surface area contributed by atoms with Crippen LogP contribution in [0.2, 0.25) is 5.02 Å². The Hall–Kier alpha value is -2.86. The van der Waals surface area contributed by atoms with Crippen LogP contribution >= 0.6 is 22.9 Å². The number of benzene rings is 1. The highest BCUT2D eigenvalue weighted by Gasteiger charge is 2.42. The number of rotatable bonds is 8. The first-order valence-corrected chi connectivity index (χ1v) is 13.7. The maximum atomic E-state index is 13.9. The number of carbonyl (C=O) groups excluding carboxylic acids is 1. The molecule has 0 amide bonds. The smallest absolute Gasteiger partial charge is 0.338 e. The maximum Gasteiger partial charge on any atom is 0.338 e. The topological polar surface area (TPSA) is 113 Å². The summed E-state index contributed by atoms with van der Waals surface area (Å²) in [7, 11) is 0. The van der Waals surface area contributed by atoms with E-state index >= 15 is 0 Å². The fourth-order valence-corrected chi connectivity index (χ4v) is 6.38. The number of morpholine rings is 1. The second kappa shape index (κ2) is 11.5. The molecule has 2 saturated heterocycles. The Morgan fingerprint density at radius 2 is 2.08 bits per heavy atom. The number of carboxylic acid groups (broad SMARTS) is 1. The minimum atomic E-state index is -0.835. The zero-order chi connectivity index (χ0) is 26.8. The molecular weight excluding hydrogens is 535 g/mol. The van der Waals surface area contributed by atoms with Gasteiger partial charge in [0.15, 0.2) is 10.8 Å². The highest BCUT2D eigenvalue weighted by atomic mass is 35.5. The number of fused-ring (bicyclic) bond motifs is 2. The Kier molecular flexibility index (Phi) is 8.08. The largest absolute Gasteiger partial charge is 0.481 e. The summed E-state index contributed by atoms with van der Waals surface area (Å²) < 4.78 is 25.2. The Balaban J connectivity index is 1.55. The molecule has 9 nitrogen and oxygen atoms in total. The first kappa shape index (κ1) is 26.7. The standard InChI is InChI=1S/C26H28ClFN4O5S/c1-2-37-26(35)22-20(11-32-16-7-14(9-21(33)34)8-17(32)13-36-12-16)30-24(25-29-5-6-38-25)31-23(22)18-4-3-15(28)10-19(18)27/h3-6,10,14,16-17,23H,2,7-9,11-13H2,1H3,(H,30,31)(H,33,34)/t14?,16-,17?,23?/m1/s1. The van der Waals surface area contributed by atoms with Crippen molar-refractivity contribution in [2.24, 2.45) is 10.9 Å². The van der Waals surface area contributed by atoms with Crippen LogP contribution in [0.4, 0.5) is 4.39 Å². The lowest BCUT2D eigenvalue weighted by Gasteiger charge is -2.49. The zero-order valence-corrected chi connectivity index (χ0v) is 22.3. The number of ether oxygens (including phenoxy) is 2. The molecule has 3 aliphatic heterocycles. The predicted octanol–water partition coefficient (Wildman–Crippen LogP) is 3.80. The SMILES string of the molecule is CCOC(=O)C1=C(CN2C3COC[C@H]2CC(CC(=O)O)C3)NC(c2nccs2)=NC1c1ccc(F)cc1Cl. The summed E-state index contributed by atoms with van der Waals surface area (Å²) in [6, 6.07) is 3.19. The molecule has 2 aromatic rings. The highest BCUT2D eigenvalue weighted by Crippen LogP contribution is 2.39. The van der Waals surface area contributed by atoms with Crippen LogP contribution < -0.4 is 5.32 Å². The number of amidine groups is 1. The molecular formula is C26H28ClFN4O5S. The Morgan fingerprint density at radius 3 is 2.71 bits per heavy atom. The predicted molar refractivity (Wildman–Crippen MR) is 140 cm³/mol. The lowest BCUT2D eigenvalue weighted by molar-refractivity contribution is -0.141. The normalized spacial score (nSPS) is 25.5. The number of aliphatic carboxylic acids is 1. The number of nitrogens with zero attached hydrogens (tertiary/aromatic N) is 3. The Bertz CT molecular complexity index is 1260. The molecule has 4 atom stereocenters. The van der Waals surface area contributed by atoms with Crippen LogP contribution in [0.5, 0.6) is 0 Å². The number of piperidine rings is 1. The number of aromatic nitrogens is 1. The third-order valence-electron chi connectivity index (χ3n) is 7.09. The molecule has 4 heterocycles. The lowest BCUT2D eigenvalue weighted by Crippen LogP contribution is -2.58. The highest BCUT2D eigenvalue weighted by molar-refractivity contribution is 7.11. The monoisotopic (exact) mass is 562 g/mol. The number of hydrogen-bond acceptors (Lipinski definition) is 9. The van der Waals surface area contributed by atoms with E-state index in [1.807, 2.05) is 5.38 Å². The molecule has 1 aromatic carbocycles. The lowest BCUT2D eigenvalue weighted by atomic mass is 9.82. The molecule has 5 rings (SSSR count). The third-order valence-corrected chi connectivity index (χ3v) is 8.19. The average Bonchev–Trinajstić information content (AvgIpc) is 3.39. The molecule has 1 aromatic heterocycles. The van der Waals surface area contributed by atoms with Crippen LogP contribution in [0.15, 0.2) is 46.0 Å². The molecule has 2 N–H and O–H groups in total. The Morgan fingerprint density at radius 1 is 1.32 bits per heavy atom. The summed E-state index contributed by atoms with van der Waals surface area (Å²) in [5, 5.41) is 15.3. The van der Waals surface area contributed by atoms with E-state index in [2.05, 4.69) is 15.2 Å². The maximum absolute atomic E-state index is 13.9. The van der Waals surface area contributed by atoms with Crippen molar-refractivity contribution in [1.29, 1.82) is 0 Å². The molecule has 3 aliphatic rings. The molecule has 2 fully saturated rings. The fraction of sp³-hybridized carbons (Fsp3) is 0.462. The van der Waals surface area contributed by atoms with Gasteiger partial charge in [0.25, 0.3) is 0 Å². The molecule has 38 heavy (non-hydrogen) atoms. The molecule has 12 heteroatoms. The van der Waals surface area contributed by atoms with Gasteiger partial charge in [-0.1, -0.05) is 17.7 Å². The van der Waals surface area contributed by atoms with Crippen molar-refractivity contribution in [2.45, 2.75) is 44.3 Å². The number of aliphatic imine (C=N–C) groups is 1.